The van der Waals surface area contributed by atoms with E-state index < -0.39 is 0 Å². The average Bonchev–Trinajstić information content (AvgIpc) is 2.85. The fraction of sp³-hybridized carbons (Fsp3) is 0.917. The van der Waals surface area contributed by atoms with Gasteiger partial charge in [-0.1, -0.05) is 22.9 Å². The van der Waals surface area contributed by atoms with Crippen LogP contribution in [0, 0.1) is 17.8 Å². The smallest absolute Gasteiger partial charge is 0.223 e. The first-order chi connectivity index (χ1) is 7.20. The van der Waals surface area contributed by atoms with E-state index in [0.29, 0.717) is 16.7 Å². The van der Waals surface area contributed by atoms with Gasteiger partial charge >= 0.3 is 0 Å². The number of carbonyl (C=O) groups excluding carboxylic acids is 1. The fourth-order valence-electron chi connectivity index (χ4n) is 2.63. The van der Waals surface area contributed by atoms with Gasteiger partial charge in [-0.3, -0.25) is 4.79 Å². The van der Waals surface area contributed by atoms with Gasteiger partial charge in [-0.15, -0.1) is 0 Å². The van der Waals surface area contributed by atoms with Gasteiger partial charge in [-0.2, -0.15) is 0 Å². The maximum Gasteiger partial charge on any atom is 0.223 e. The molecule has 2 saturated carbocycles. The van der Waals surface area contributed by atoms with E-state index in [-0.39, 0.29) is 0 Å². The average molecular weight is 274 g/mol. The molecule has 2 nitrogen and oxygen atoms in total. The van der Waals surface area contributed by atoms with E-state index in [1.54, 1.807) is 0 Å². The molecule has 2 aliphatic carbocycles. The van der Waals surface area contributed by atoms with Gasteiger partial charge in [-0.05, 0) is 43.9 Å². The van der Waals surface area contributed by atoms with Crippen LogP contribution >= 0.6 is 15.9 Å². The Hall–Kier alpha value is -0.0500. The van der Waals surface area contributed by atoms with Crippen LogP contribution in [0.25, 0.3) is 0 Å². The predicted molar refractivity (Wildman–Crippen MR) is 65.0 cm³/mol. The largest absolute Gasteiger partial charge is 0.356 e. The highest BCUT2D eigenvalue weighted by Gasteiger charge is 2.47. The molecule has 0 radical (unpaired) electrons. The van der Waals surface area contributed by atoms with Gasteiger partial charge in [-0.25, -0.2) is 0 Å². The number of rotatable bonds is 5. The first-order valence-electron chi connectivity index (χ1n) is 6.12. The molecule has 15 heavy (non-hydrogen) atoms. The van der Waals surface area contributed by atoms with E-state index in [9.17, 15) is 4.79 Å². The molecule has 0 aromatic heterocycles. The van der Waals surface area contributed by atoms with Crippen LogP contribution in [-0.2, 0) is 4.79 Å². The Morgan fingerprint density at radius 1 is 1.40 bits per heavy atom. The Morgan fingerprint density at radius 2 is 2.07 bits per heavy atom. The molecule has 1 N–H and O–H groups in total. The first-order valence-corrected chi connectivity index (χ1v) is 7.04. The highest BCUT2D eigenvalue weighted by atomic mass is 79.9. The second-order valence-electron chi connectivity index (χ2n) is 5.01. The summed E-state index contributed by atoms with van der Waals surface area (Å²) in [6.07, 6.45) is 5.87. The van der Waals surface area contributed by atoms with Crippen molar-refractivity contribution < 1.29 is 4.79 Å². The van der Waals surface area contributed by atoms with E-state index >= 15 is 0 Å². The molecule has 2 aliphatic rings. The molecule has 2 rings (SSSR count). The summed E-state index contributed by atoms with van der Waals surface area (Å²) in [7, 11) is 0. The van der Waals surface area contributed by atoms with Crippen molar-refractivity contribution in [1.82, 2.24) is 5.32 Å². The third-order valence-corrected chi connectivity index (χ3v) is 4.92. The van der Waals surface area contributed by atoms with Crippen LogP contribution in [0.2, 0.25) is 0 Å². The maximum absolute atomic E-state index is 11.8. The lowest BCUT2D eigenvalue weighted by Crippen LogP contribution is -2.31. The maximum atomic E-state index is 11.8. The minimum atomic E-state index is 0.304. The highest BCUT2D eigenvalue weighted by Crippen LogP contribution is 2.54. The van der Waals surface area contributed by atoms with E-state index in [1.165, 1.54) is 6.42 Å². The minimum Gasteiger partial charge on any atom is -0.356 e. The SMILES string of the molecule is CCC(Br)CCNC(=O)C1CC2CC2C1. The van der Waals surface area contributed by atoms with Gasteiger partial charge in [0, 0.05) is 17.3 Å². The number of fused-ring (bicyclic) bond motifs is 1. The molecule has 0 aromatic rings. The molecular formula is C12H20BrNO. The molecule has 0 bridgehead atoms. The number of nitrogens with one attached hydrogen (secondary N) is 1. The summed E-state index contributed by atoms with van der Waals surface area (Å²) in [4.78, 5) is 12.3. The van der Waals surface area contributed by atoms with Crippen molar-refractivity contribution in [3.8, 4) is 0 Å². The molecular weight excluding hydrogens is 254 g/mol. The van der Waals surface area contributed by atoms with Crippen molar-refractivity contribution in [3.05, 3.63) is 0 Å². The number of hydrogen-bond acceptors (Lipinski definition) is 1. The monoisotopic (exact) mass is 273 g/mol. The third-order valence-electron chi connectivity index (χ3n) is 3.81. The van der Waals surface area contributed by atoms with Gasteiger partial charge in [0.05, 0.1) is 0 Å². The molecule has 3 heteroatoms. The summed E-state index contributed by atoms with van der Waals surface area (Å²) < 4.78 is 0. The zero-order chi connectivity index (χ0) is 10.8. The summed E-state index contributed by atoms with van der Waals surface area (Å²) >= 11 is 3.58. The van der Waals surface area contributed by atoms with Gasteiger partial charge in [0.1, 0.15) is 0 Å². The quantitative estimate of drug-likeness (QED) is 0.767. The summed E-state index contributed by atoms with van der Waals surface area (Å²) in [5.74, 6) is 2.45. The lowest BCUT2D eigenvalue weighted by atomic mass is 10.0. The van der Waals surface area contributed by atoms with Crippen LogP contribution < -0.4 is 5.32 Å². The van der Waals surface area contributed by atoms with Crippen LogP contribution in [0.1, 0.15) is 39.0 Å². The van der Waals surface area contributed by atoms with Crippen molar-refractivity contribution in [1.29, 1.82) is 0 Å². The minimum absolute atomic E-state index is 0.304. The van der Waals surface area contributed by atoms with Gasteiger partial charge in [0.15, 0.2) is 0 Å². The lowest BCUT2D eigenvalue weighted by molar-refractivity contribution is -0.125. The second-order valence-corrected chi connectivity index (χ2v) is 6.30. The summed E-state index contributed by atoms with van der Waals surface area (Å²) in [6, 6.07) is 0. The molecule has 3 atom stereocenters. The van der Waals surface area contributed by atoms with Gasteiger partial charge in [0.25, 0.3) is 0 Å². The number of halogens is 1. The van der Waals surface area contributed by atoms with Crippen LogP contribution in [0.5, 0.6) is 0 Å². The summed E-state index contributed by atoms with van der Waals surface area (Å²) in [6.45, 7) is 2.99. The molecule has 0 spiro atoms. The molecule has 3 unspecified atom stereocenters. The summed E-state index contributed by atoms with van der Waals surface area (Å²) in [5, 5.41) is 3.06. The zero-order valence-electron chi connectivity index (χ0n) is 9.34. The molecule has 0 aliphatic heterocycles. The van der Waals surface area contributed by atoms with Crippen molar-refractivity contribution in [2.24, 2.45) is 17.8 Å². The second kappa shape index (κ2) is 4.86. The highest BCUT2D eigenvalue weighted by molar-refractivity contribution is 9.09. The standard InChI is InChI=1S/C12H20BrNO/c1-2-11(13)3-4-14-12(15)10-6-8-5-9(8)7-10/h8-11H,2-7H2,1H3,(H,14,15). The Bertz CT molecular complexity index is 234. The predicted octanol–water partition coefficient (Wildman–Crippen LogP) is 2.71. The first kappa shape index (κ1) is 11.4. The molecule has 0 saturated heterocycles. The van der Waals surface area contributed by atoms with Crippen LogP contribution in [-0.4, -0.2) is 17.3 Å². The topological polar surface area (TPSA) is 29.1 Å². The van der Waals surface area contributed by atoms with Crippen molar-refractivity contribution >= 4 is 21.8 Å². The Kier molecular flexibility index (Phi) is 3.70. The molecule has 1 amide bonds. The number of hydrogen-bond donors (Lipinski definition) is 1. The van der Waals surface area contributed by atoms with E-state index in [2.05, 4.69) is 28.2 Å². The van der Waals surface area contributed by atoms with Crippen molar-refractivity contribution in [2.75, 3.05) is 6.54 Å². The van der Waals surface area contributed by atoms with Crippen molar-refractivity contribution in [2.45, 2.75) is 43.9 Å². The number of carbonyl (C=O) groups is 1. The van der Waals surface area contributed by atoms with Gasteiger partial charge < -0.3 is 5.32 Å². The third kappa shape index (κ3) is 2.96. The zero-order valence-corrected chi connectivity index (χ0v) is 10.9. The van der Waals surface area contributed by atoms with Crippen LogP contribution in [0.15, 0.2) is 0 Å². The molecule has 0 aromatic carbocycles. The van der Waals surface area contributed by atoms with E-state index in [1.807, 2.05) is 0 Å². The molecule has 0 heterocycles. The molecule has 2 fully saturated rings. The van der Waals surface area contributed by atoms with Crippen LogP contribution in [0.3, 0.4) is 0 Å². The normalized spacial score (nSPS) is 34.7. The number of amides is 1. The van der Waals surface area contributed by atoms with E-state index in [0.717, 1.165) is 44.1 Å². The Balaban J connectivity index is 1.60. The van der Waals surface area contributed by atoms with E-state index in [4.69, 9.17) is 0 Å². The Morgan fingerprint density at radius 3 is 2.67 bits per heavy atom. The lowest BCUT2D eigenvalue weighted by Gasteiger charge is -2.13. The van der Waals surface area contributed by atoms with Crippen LogP contribution in [0.4, 0.5) is 0 Å². The summed E-state index contributed by atoms with van der Waals surface area (Å²) in [5.41, 5.74) is 0. The van der Waals surface area contributed by atoms with Crippen molar-refractivity contribution in [3.63, 3.8) is 0 Å². The Labute approximate surface area is 100 Å². The fourth-order valence-corrected chi connectivity index (χ4v) is 2.86. The number of alkyl halides is 1. The van der Waals surface area contributed by atoms with Gasteiger partial charge in [0.2, 0.25) is 5.91 Å². The molecule has 86 valence electrons.